The summed E-state index contributed by atoms with van der Waals surface area (Å²) < 4.78 is 26.9. The molecule has 0 spiro atoms. The highest BCUT2D eigenvalue weighted by atomic mass is 35.5. The molecule has 2 aromatic rings. The third kappa shape index (κ3) is 4.42. The van der Waals surface area contributed by atoms with Crippen molar-refractivity contribution in [3.8, 4) is 0 Å². The van der Waals surface area contributed by atoms with Gasteiger partial charge in [0.2, 0.25) is 0 Å². The van der Waals surface area contributed by atoms with Crippen molar-refractivity contribution in [3.63, 3.8) is 0 Å². The summed E-state index contributed by atoms with van der Waals surface area (Å²) in [6, 6.07) is 12.8. The predicted molar refractivity (Wildman–Crippen MR) is 89.2 cm³/mol. The minimum Gasteiger partial charge on any atom is -0.393 e. The van der Waals surface area contributed by atoms with Crippen molar-refractivity contribution < 1.29 is 8.42 Å². The number of halogens is 1. The maximum Gasteiger partial charge on any atom is 0.261 e. The van der Waals surface area contributed by atoms with Gasteiger partial charge in [-0.1, -0.05) is 36.0 Å². The summed E-state index contributed by atoms with van der Waals surface area (Å²) in [4.78, 5) is 0.536. The number of thiocarbonyl (C=S) groups is 1. The molecule has 7 heteroatoms. The Kier molecular flexibility index (Phi) is 4.82. The van der Waals surface area contributed by atoms with Crippen LogP contribution < -0.4 is 10.5 Å². The van der Waals surface area contributed by atoms with Gasteiger partial charge in [0.15, 0.2) is 0 Å². The molecule has 0 aliphatic carbocycles. The Bertz CT molecular complexity index is 742. The third-order valence-corrected chi connectivity index (χ3v) is 4.50. The molecule has 0 saturated heterocycles. The molecule has 0 unspecified atom stereocenters. The first-order valence-electron chi connectivity index (χ1n) is 6.02. The molecule has 2 rings (SSSR count). The quantitative estimate of drug-likeness (QED) is 0.821. The largest absolute Gasteiger partial charge is 0.393 e. The van der Waals surface area contributed by atoms with E-state index in [-0.39, 0.29) is 4.90 Å². The van der Waals surface area contributed by atoms with Gasteiger partial charge in [-0.05, 0) is 42.0 Å². The Hall–Kier alpha value is -1.63. The van der Waals surface area contributed by atoms with E-state index in [1.54, 1.807) is 36.4 Å². The number of hydrogen-bond donors (Lipinski definition) is 2. The number of nitrogens with two attached hydrogens (primary N) is 1. The van der Waals surface area contributed by atoms with E-state index < -0.39 is 10.0 Å². The molecule has 0 bridgehead atoms. The van der Waals surface area contributed by atoms with Gasteiger partial charge in [0.05, 0.1) is 9.88 Å². The molecule has 0 amide bonds. The number of sulfonamides is 1. The van der Waals surface area contributed by atoms with Gasteiger partial charge in [0.1, 0.15) is 0 Å². The normalized spacial score (nSPS) is 11.1. The minimum atomic E-state index is -3.63. The lowest BCUT2D eigenvalue weighted by Gasteiger charge is -2.09. The molecule has 3 N–H and O–H groups in total. The van der Waals surface area contributed by atoms with Crippen molar-refractivity contribution in [1.82, 2.24) is 0 Å². The zero-order valence-electron chi connectivity index (χ0n) is 10.9. The number of hydrogen-bond acceptors (Lipinski definition) is 3. The SMILES string of the molecule is NC(=S)Cc1ccc(S(=O)(=O)Nc2ccc(Cl)cc2)cc1. The molecular formula is C14H13ClN2O2S2. The van der Waals surface area contributed by atoms with Crippen LogP contribution in [0.1, 0.15) is 5.56 Å². The van der Waals surface area contributed by atoms with Crippen LogP contribution >= 0.6 is 23.8 Å². The molecule has 0 radical (unpaired) electrons. The van der Waals surface area contributed by atoms with E-state index in [0.29, 0.717) is 22.1 Å². The van der Waals surface area contributed by atoms with Crippen LogP contribution in [-0.4, -0.2) is 13.4 Å². The fraction of sp³-hybridized carbons (Fsp3) is 0.0714. The van der Waals surface area contributed by atoms with Crippen molar-refractivity contribution in [3.05, 3.63) is 59.1 Å². The average Bonchev–Trinajstić information content (AvgIpc) is 2.41. The molecule has 0 fully saturated rings. The first-order valence-corrected chi connectivity index (χ1v) is 8.29. The van der Waals surface area contributed by atoms with Gasteiger partial charge in [-0.3, -0.25) is 4.72 Å². The van der Waals surface area contributed by atoms with E-state index in [1.807, 2.05) is 0 Å². The van der Waals surface area contributed by atoms with Crippen molar-refractivity contribution >= 4 is 44.5 Å². The standard InChI is InChI=1S/C14H13ClN2O2S2/c15-11-3-5-12(6-4-11)17-21(18,19)13-7-1-10(2-8-13)9-14(16)20/h1-8,17H,9H2,(H2,16,20). The maximum absolute atomic E-state index is 12.2. The molecular weight excluding hydrogens is 328 g/mol. The van der Waals surface area contributed by atoms with E-state index in [2.05, 4.69) is 4.72 Å². The van der Waals surface area contributed by atoms with Gasteiger partial charge in [-0.15, -0.1) is 0 Å². The van der Waals surface area contributed by atoms with Crippen LogP contribution in [0.15, 0.2) is 53.4 Å². The maximum atomic E-state index is 12.2. The van der Waals surface area contributed by atoms with Crippen LogP contribution in [0.2, 0.25) is 5.02 Å². The highest BCUT2D eigenvalue weighted by Crippen LogP contribution is 2.18. The van der Waals surface area contributed by atoms with Crippen molar-refractivity contribution in [2.75, 3.05) is 4.72 Å². The third-order valence-electron chi connectivity index (χ3n) is 2.71. The predicted octanol–water partition coefficient (Wildman–Crippen LogP) is 2.97. The molecule has 2 aromatic carbocycles. The van der Waals surface area contributed by atoms with E-state index in [0.717, 1.165) is 5.56 Å². The van der Waals surface area contributed by atoms with Crippen LogP contribution in [0.3, 0.4) is 0 Å². The molecule has 0 atom stereocenters. The Morgan fingerprint density at radius 1 is 1.10 bits per heavy atom. The van der Waals surface area contributed by atoms with Crippen molar-refractivity contribution in [2.24, 2.45) is 5.73 Å². The summed E-state index contributed by atoms with van der Waals surface area (Å²) in [6.45, 7) is 0. The molecule has 110 valence electrons. The van der Waals surface area contributed by atoms with E-state index in [9.17, 15) is 8.42 Å². The Balaban J connectivity index is 2.19. The summed E-state index contributed by atoms with van der Waals surface area (Å²) in [5.74, 6) is 0. The van der Waals surface area contributed by atoms with E-state index in [4.69, 9.17) is 29.6 Å². The Labute approximate surface area is 134 Å². The zero-order valence-corrected chi connectivity index (χ0v) is 13.3. The molecule has 0 saturated carbocycles. The smallest absolute Gasteiger partial charge is 0.261 e. The lowest BCUT2D eigenvalue weighted by Crippen LogP contribution is -2.14. The van der Waals surface area contributed by atoms with Gasteiger partial charge in [-0.2, -0.15) is 0 Å². The molecule has 0 heterocycles. The fourth-order valence-corrected chi connectivity index (χ4v) is 3.07. The minimum absolute atomic E-state index is 0.170. The van der Waals surface area contributed by atoms with Gasteiger partial charge in [-0.25, -0.2) is 8.42 Å². The highest BCUT2D eigenvalue weighted by molar-refractivity contribution is 7.92. The lowest BCUT2D eigenvalue weighted by atomic mass is 10.1. The molecule has 4 nitrogen and oxygen atoms in total. The van der Waals surface area contributed by atoms with Crippen LogP contribution in [0.5, 0.6) is 0 Å². The summed E-state index contributed by atoms with van der Waals surface area (Å²) in [5, 5.41) is 0.542. The summed E-state index contributed by atoms with van der Waals surface area (Å²) >= 11 is 10.6. The molecule has 0 aromatic heterocycles. The molecule has 0 aliphatic rings. The number of nitrogens with one attached hydrogen (secondary N) is 1. The second kappa shape index (κ2) is 6.43. The molecule has 0 aliphatic heterocycles. The zero-order chi connectivity index (χ0) is 15.5. The topological polar surface area (TPSA) is 72.2 Å². The number of benzene rings is 2. The lowest BCUT2D eigenvalue weighted by molar-refractivity contribution is 0.601. The first kappa shape index (κ1) is 15.8. The van der Waals surface area contributed by atoms with E-state index >= 15 is 0 Å². The van der Waals surface area contributed by atoms with Gasteiger partial charge in [0.25, 0.3) is 10.0 Å². The Morgan fingerprint density at radius 3 is 2.19 bits per heavy atom. The van der Waals surface area contributed by atoms with Crippen molar-refractivity contribution in [1.29, 1.82) is 0 Å². The average molecular weight is 341 g/mol. The van der Waals surface area contributed by atoms with Gasteiger partial charge in [0, 0.05) is 17.1 Å². The summed E-state index contributed by atoms with van der Waals surface area (Å²) in [6.07, 6.45) is 0.445. The Morgan fingerprint density at radius 2 is 1.67 bits per heavy atom. The second-order valence-electron chi connectivity index (χ2n) is 4.40. The number of rotatable bonds is 5. The molecule has 21 heavy (non-hydrogen) atoms. The van der Waals surface area contributed by atoms with Gasteiger partial charge < -0.3 is 5.73 Å². The highest BCUT2D eigenvalue weighted by Gasteiger charge is 2.14. The van der Waals surface area contributed by atoms with Crippen LogP contribution in [0, 0.1) is 0 Å². The first-order chi connectivity index (χ1) is 9.87. The second-order valence-corrected chi connectivity index (χ2v) is 7.04. The summed E-state index contributed by atoms with van der Waals surface area (Å²) in [5.41, 5.74) is 6.77. The van der Waals surface area contributed by atoms with Crippen molar-refractivity contribution in [2.45, 2.75) is 11.3 Å². The fourth-order valence-electron chi connectivity index (χ4n) is 1.72. The number of anilines is 1. The van der Waals surface area contributed by atoms with Crippen LogP contribution in [-0.2, 0) is 16.4 Å². The monoisotopic (exact) mass is 340 g/mol. The summed E-state index contributed by atoms with van der Waals surface area (Å²) in [7, 11) is -3.63. The van der Waals surface area contributed by atoms with Crippen LogP contribution in [0.25, 0.3) is 0 Å². The van der Waals surface area contributed by atoms with Gasteiger partial charge >= 0.3 is 0 Å². The van der Waals surface area contributed by atoms with E-state index in [1.165, 1.54) is 12.1 Å². The van der Waals surface area contributed by atoms with Crippen LogP contribution in [0.4, 0.5) is 5.69 Å².